The standard InChI is InChI=1S/C30H32N2O3.ClH/c1-19(33)32(22-12-8-7-9-13-22)23-14-10-11-20(15-23)27-26-21(17-29(2,3)31-27)16-25(34-6)28-24(26)18-30(4,5)35-28;/h7-16H,17-18H2,1-6H3;1H. The summed E-state index contributed by atoms with van der Waals surface area (Å²) in [6.45, 7) is 10.1. The molecule has 36 heavy (non-hydrogen) atoms. The summed E-state index contributed by atoms with van der Waals surface area (Å²) in [7, 11) is 1.70. The number of hydrogen-bond acceptors (Lipinski definition) is 4. The van der Waals surface area contributed by atoms with Crippen LogP contribution in [0.4, 0.5) is 11.4 Å². The molecular weight excluding hydrogens is 472 g/mol. The smallest absolute Gasteiger partial charge is 0.228 e. The third-order valence-electron chi connectivity index (χ3n) is 6.61. The zero-order chi connectivity index (χ0) is 25.0. The Kier molecular flexibility index (Phi) is 6.65. The number of fused-ring (bicyclic) bond motifs is 3. The molecule has 0 N–H and O–H groups in total. The van der Waals surface area contributed by atoms with E-state index in [-0.39, 0.29) is 29.5 Å². The summed E-state index contributed by atoms with van der Waals surface area (Å²) < 4.78 is 12.1. The molecule has 0 spiro atoms. The van der Waals surface area contributed by atoms with Gasteiger partial charge in [-0.1, -0.05) is 30.3 Å². The van der Waals surface area contributed by atoms with Gasteiger partial charge in [-0.25, -0.2) is 0 Å². The number of rotatable bonds is 4. The van der Waals surface area contributed by atoms with Gasteiger partial charge in [-0.2, -0.15) is 0 Å². The second-order valence-corrected chi connectivity index (χ2v) is 10.6. The maximum absolute atomic E-state index is 12.7. The predicted molar refractivity (Wildman–Crippen MR) is 148 cm³/mol. The Balaban J connectivity index is 0.00000304. The largest absolute Gasteiger partial charge is 0.493 e. The van der Waals surface area contributed by atoms with Gasteiger partial charge >= 0.3 is 0 Å². The van der Waals surface area contributed by atoms with E-state index >= 15 is 0 Å². The lowest BCUT2D eigenvalue weighted by atomic mass is 9.81. The van der Waals surface area contributed by atoms with Crippen LogP contribution in [0.3, 0.4) is 0 Å². The maximum atomic E-state index is 12.7. The number of methoxy groups -OCH3 is 1. The normalized spacial score (nSPS) is 16.6. The van der Waals surface area contributed by atoms with Gasteiger partial charge in [0.2, 0.25) is 5.91 Å². The highest BCUT2D eigenvalue weighted by molar-refractivity contribution is 6.17. The van der Waals surface area contributed by atoms with Crippen molar-refractivity contribution in [2.24, 2.45) is 4.99 Å². The second-order valence-electron chi connectivity index (χ2n) is 10.6. The van der Waals surface area contributed by atoms with Crippen LogP contribution in [0.25, 0.3) is 0 Å². The van der Waals surface area contributed by atoms with Crippen molar-refractivity contribution in [1.82, 2.24) is 0 Å². The molecule has 2 aliphatic rings. The van der Waals surface area contributed by atoms with E-state index in [1.54, 1.807) is 18.9 Å². The summed E-state index contributed by atoms with van der Waals surface area (Å²) in [6, 6.07) is 20.0. The number of benzene rings is 3. The fraction of sp³-hybridized carbons (Fsp3) is 0.333. The average molecular weight is 505 g/mol. The molecule has 0 bridgehead atoms. The SMILES string of the molecule is COc1cc2c(c3c1OC(C)(C)C3)C(c1cccc(N(C(C)=O)c3ccccc3)c1)=NC(C)(C)C2.Cl. The lowest BCUT2D eigenvalue weighted by molar-refractivity contribution is -0.115. The Morgan fingerprint density at radius 3 is 2.33 bits per heavy atom. The van der Waals surface area contributed by atoms with Gasteiger partial charge in [0.05, 0.1) is 18.4 Å². The Morgan fingerprint density at radius 2 is 1.67 bits per heavy atom. The molecule has 0 fully saturated rings. The van der Waals surface area contributed by atoms with Crippen LogP contribution in [0, 0.1) is 0 Å². The maximum Gasteiger partial charge on any atom is 0.228 e. The Hall–Kier alpha value is -3.31. The first-order valence-electron chi connectivity index (χ1n) is 12.1. The zero-order valence-electron chi connectivity index (χ0n) is 21.7. The van der Waals surface area contributed by atoms with Crippen LogP contribution >= 0.6 is 12.4 Å². The predicted octanol–water partition coefficient (Wildman–Crippen LogP) is 6.69. The molecular formula is C30H33ClN2O3. The molecule has 0 saturated heterocycles. The van der Waals surface area contributed by atoms with E-state index in [0.29, 0.717) is 0 Å². The molecule has 0 saturated carbocycles. The van der Waals surface area contributed by atoms with Gasteiger partial charge in [-0.15, -0.1) is 12.4 Å². The van der Waals surface area contributed by atoms with E-state index < -0.39 is 0 Å². The van der Waals surface area contributed by atoms with E-state index in [1.807, 2.05) is 42.5 Å². The minimum Gasteiger partial charge on any atom is -0.493 e. The molecule has 3 aromatic carbocycles. The van der Waals surface area contributed by atoms with Crippen molar-refractivity contribution in [3.63, 3.8) is 0 Å². The van der Waals surface area contributed by atoms with E-state index in [1.165, 1.54) is 5.56 Å². The van der Waals surface area contributed by atoms with E-state index in [0.717, 1.165) is 58.1 Å². The van der Waals surface area contributed by atoms with Crippen LogP contribution in [-0.2, 0) is 17.6 Å². The number of para-hydroxylation sites is 1. The van der Waals surface area contributed by atoms with Gasteiger partial charge in [-0.3, -0.25) is 14.7 Å². The monoisotopic (exact) mass is 504 g/mol. The number of halogens is 1. The van der Waals surface area contributed by atoms with Gasteiger partial charge in [-0.05, 0) is 70.0 Å². The Labute approximate surface area is 219 Å². The molecule has 0 radical (unpaired) electrons. The van der Waals surface area contributed by atoms with Gasteiger partial charge in [0, 0.05) is 41.4 Å². The van der Waals surface area contributed by atoms with Gasteiger partial charge in [0.15, 0.2) is 11.5 Å². The minimum absolute atomic E-state index is 0. The molecule has 0 aromatic heterocycles. The molecule has 5 nitrogen and oxygen atoms in total. The first-order chi connectivity index (χ1) is 16.6. The van der Waals surface area contributed by atoms with E-state index in [2.05, 4.69) is 45.9 Å². The molecule has 2 heterocycles. The number of carbonyl (C=O) groups excluding carboxylic acids is 1. The first-order valence-corrected chi connectivity index (χ1v) is 12.1. The minimum atomic E-state index is -0.316. The van der Waals surface area contributed by atoms with Crippen LogP contribution in [0.15, 0.2) is 65.7 Å². The molecule has 1 amide bonds. The van der Waals surface area contributed by atoms with Crippen LogP contribution in [0.1, 0.15) is 56.9 Å². The average Bonchev–Trinajstić information content (AvgIpc) is 3.13. The molecule has 0 unspecified atom stereocenters. The topological polar surface area (TPSA) is 51.1 Å². The molecule has 3 aromatic rings. The zero-order valence-corrected chi connectivity index (χ0v) is 22.5. The fourth-order valence-electron chi connectivity index (χ4n) is 5.31. The summed E-state index contributed by atoms with van der Waals surface area (Å²) in [5.74, 6) is 1.55. The highest BCUT2D eigenvalue weighted by Crippen LogP contribution is 2.48. The molecule has 6 heteroatoms. The van der Waals surface area contributed by atoms with Crippen LogP contribution in [0.2, 0.25) is 0 Å². The number of aliphatic imine (C=N–C) groups is 1. The summed E-state index contributed by atoms with van der Waals surface area (Å²) in [6.07, 6.45) is 1.60. The molecule has 2 aliphatic heterocycles. The fourth-order valence-corrected chi connectivity index (χ4v) is 5.31. The molecule has 0 aliphatic carbocycles. The summed E-state index contributed by atoms with van der Waals surface area (Å²) in [5.41, 5.74) is 6.49. The number of nitrogens with zero attached hydrogens (tertiary/aromatic N) is 2. The third kappa shape index (κ3) is 4.60. The third-order valence-corrected chi connectivity index (χ3v) is 6.61. The van der Waals surface area contributed by atoms with Crippen molar-refractivity contribution in [1.29, 1.82) is 0 Å². The van der Waals surface area contributed by atoms with Gasteiger partial charge in [0.25, 0.3) is 0 Å². The molecule has 188 valence electrons. The van der Waals surface area contributed by atoms with Crippen LogP contribution in [-0.4, -0.2) is 29.9 Å². The number of hydrogen-bond donors (Lipinski definition) is 0. The van der Waals surface area contributed by atoms with E-state index in [9.17, 15) is 4.79 Å². The number of amides is 1. The summed E-state index contributed by atoms with van der Waals surface area (Å²) >= 11 is 0. The number of carbonyl (C=O) groups is 1. The quantitative estimate of drug-likeness (QED) is 0.398. The van der Waals surface area contributed by atoms with Gasteiger partial charge < -0.3 is 9.47 Å². The van der Waals surface area contributed by atoms with Crippen molar-refractivity contribution < 1.29 is 14.3 Å². The van der Waals surface area contributed by atoms with Crippen molar-refractivity contribution in [2.75, 3.05) is 12.0 Å². The van der Waals surface area contributed by atoms with Crippen LogP contribution < -0.4 is 14.4 Å². The van der Waals surface area contributed by atoms with Crippen molar-refractivity contribution in [3.8, 4) is 11.5 Å². The van der Waals surface area contributed by atoms with Crippen LogP contribution in [0.5, 0.6) is 11.5 Å². The van der Waals surface area contributed by atoms with Gasteiger partial charge in [0.1, 0.15) is 5.60 Å². The Bertz CT molecular complexity index is 1350. The lowest BCUT2D eigenvalue weighted by Gasteiger charge is -2.31. The lowest BCUT2D eigenvalue weighted by Crippen LogP contribution is -2.31. The summed E-state index contributed by atoms with van der Waals surface area (Å²) in [5, 5.41) is 0. The van der Waals surface area contributed by atoms with E-state index in [4.69, 9.17) is 14.5 Å². The number of anilines is 2. The molecule has 0 atom stereocenters. The highest BCUT2D eigenvalue weighted by atomic mass is 35.5. The molecule has 5 rings (SSSR count). The Morgan fingerprint density at radius 1 is 0.972 bits per heavy atom. The first kappa shape index (κ1) is 25.8. The number of ether oxygens (including phenoxy) is 2. The van der Waals surface area contributed by atoms with Crippen molar-refractivity contribution in [3.05, 3.63) is 82.9 Å². The summed E-state index contributed by atoms with van der Waals surface area (Å²) in [4.78, 5) is 19.7. The van der Waals surface area contributed by atoms with Crippen molar-refractivity contribution >= 4 is 35.4 Å². The highest BCUT2D eigenvalue weighted by Gasteiger charge is 2.39. The van der Waals surface area contributed by atoms with Crippen molar-refractivity contribution in [2.45, 2.75) is 58.6 Å². The second kappa shape index (κ2) is 9.29.